The van der Waals surface area contributed by atoms with E-state index in [4.69, 9.17) is 23.2 Å². The minimum absolute atomic E-state index is 0.0109. The van der Waals surface area contributed by atoms with Crippen LogP contribution in [0.1, 0.15) is 70.7 Å². The normalized spacial score (nSPS) is 20.2. The van der Waals surface area contributed by atoms with Gasteiger partial charge in [-0.25, -0.2) is 26.3 Å². The van der Waals surface area contributed by atoms with Crippen LogP contribution in [0.25, 0.3) is 0 Å². The molecule has 4 N–H and O–H groups in total. The lowest BCUT2D eigenvalue weighted by atomic mass is 10.1. The Labute approximate surface area is 301 Å². The molecule has 0 radical (unpaired) electrons. The summed E-state index contributed by atoms with van der Waals surface area (Å²) >= 11 is 13.9. The van der Waals surface area contributed by atoms with Crippen LogP contribution in [0.15, 0.2) is 24.3 Å². The van der Waals surface area contributed by atoms with Crippen molar-refractivity contribution in [1.29, 1.82) is 0 Å². The number of piperidine rings is 2. The fourth-order valence-corrected chi connectivity index (χ4v) is 10.3. The van der Waals surface area contributed by atoms with E-state index in [1.54, 1.807) is 24.3 Å². The Morgan fingerprint density at radius 2 is 0.979 bits per heavy atom. The van der Waals surface area contributed by atoms with E-state index in [0.717, 1.165) is 63.9 Å². The van der Waals surface area contributed by atoms with Crippen LogP contribution in [0.5, 0.6) is 0 Å². The molecule has 0 spiro atoms. The number of carbonyl (C=O) groups excluding carboxylic acids is 2. The fraction of sp³-hybridized carbons (Fsp3) is 0.667. The van der Waals surface area contributed by atoms with Crippen LogP contribution < -0.4 is 20.1 Å². The zero-order valence-corrected chi connectivity index (χ0v) is 31.4. The summed E-state index contributed by atoms with van der Waals surface area (Å²) in [6.07, 6.45) is 8.56. The average molecular weight is 784 g/mol. The third-order valence-corrected chi connectivity index (χ3v) is 14.1. The fourth-order valence-electron chi connectivity index (χ4n) is 5.91. The zero-order chi connectivity index (χ0) is 34.3. The van der Waals surface area contributed by atoms with Crippen LogP contribution in [0.2, 0.25) is 8.67 Å². The van der Waals surface area contributed by atoms with Gasteiger partial charge in [0.1, 0.15) is 0 Å². The van der Waals surface area contributed by atoms with Gasteiger partial charge in [-0.2, -0.15) is 0 Å². The van der Waals surface area contributed by atoms with Crippen LogP contribution in [0, 0.1) is 0 Å². The summed E-state index contributed by atoms with van der Waals surface area (Å²) in [5.74, 6) is -0.804. The number of carbonyl (C=O) groups is 2. The van der Waals surface area contributed by atoms with Crippen molar-refractivity contribution in [1.82, 2.24) is 29.9 Å². The lowest BCUT2D eigenvalue weighted by Crippen LogP contribution is -2.46. The van der Waals surface area contributed by atoms with Gasteiger partial charge in [-0.15, -0.1) is 22.7 Å². The number of hydrogen-bond acceptors (Lipinski definition) is 10. The van der Waals surface area contributed by atoms with Crippen molar-refractivity contribution in [3.8, 4) is 0 Å². The second kappa shape index (κ2) is 17.2. The first-order valence-corrected chi connectivity index (χ1v) is 22.1. The first kappa shape index (κ1) is 37.9. The van der Waals surface area contributed by atoms with Crippen molar-refractivity contribution in [2.24, 2.45) is 0 Å². The lowest BCUT2D eigenvalue weighted by Gasteiger charge is -2.32. The molecule has 2 aromatic heterocycles. The number of sulfonamides is 2. The van der Waals surface area contributed by atoms with E-state index in [1.807, 2.05) is 0 Å². The predicted octanol–water partition coefficient (Wildman–Crippen LogP) is 3.36. The molecule has 4 aliphatic rings. The molecule has 2 aliphatic heterocycles. The molecule has 0 bridgehead atoms. The van der Waals surface area contributed by atoms with Gasteiger partial charge in [0.25, 0.3) is 11.8 Å². The van der Waals surface area contributed by atoms with Gasteiger partial charge >= 0.3 is 0 Å². The number of hydrogen-bond donors (Lipinski definition) is 4. The average Bonchev–Trinajstić information content (AvgIpc) is 3.97. The van der Waals surface area contributed by atoms with E-state index in [0.29, 0.717) is 18.4 Å². The second-order valence-corrected chi connectivity index (χ2v) is 19.9. The van der Waals surface area contributed by atoms with Gasteiger partial charge in [0.05, 0.1) is 29.9 Å². The lowest BCUT2D eigenvalue weighted by molar-refractivity contribution is 0.0951. The Morgan fingerprint density at radius 3 is 1.27 bits per heavy atom. The highest BCUT2D eigenvalue weighted by Gasteiger charge is 2.34. The summed E-state index contributed by atoms with van der Waals surface area (Å²) in [7, 11) is -6.76. The van der Waals surface area contributed by atoms with Crippen molar-refractivity contribution in [3.05, 3.63) is 42.7 Å². The highest BCUT2D eigenvalue weighted by atomic mass is 35.5. The highest BCUT2D eigenvalue weighted by molar-refractivity contribution is 7.89. The van der Waals surface area contributed by atoms with E-state index in [1.165, 1.54) is 48.4 Å². The molecule has 18 heteroatoms. The first-order valence-electron chi connectivity index (χ1n) is 16.4. The Hall–Kier alpha value is -1.34. The van der Waals surface area contributed by atoms with Crippen molar-refractivity contribution in [2.45, 2.75) is 75.5 Å². The minimum atomic E-state index is -3.38. The van der Waals surface area contributed by atoms with Gasteiger partial charge in [0.2, 0.25) is 20.0 Å². The molecule has 4 fully saturated rings. The summed E-state index contributed by atoms with van der Waals surface area (Å²) in [5.41, 5.74) is 0. The molecule has 12 nitrogen and oxygen atoms in total. The zero-order valence-electron chi connectivity index (χ0n) is 26.7. The quantitative estimate of drug-likeness (QED) is 0.228. The van der Waals surface area contributed by atoms with Crippen molar-refractivity contribution in [2.75, 3.05) is 50.8 Å². The Kier molecular flexibility index (Phi) is 13.6. The van der Waals surface area contributed by atoms with E-state index in [-0.39, 0.29) is 48.5 Å². The molecule has 2 amide bonds. The SMILES string of the molecule is O=C(NCCS(=O)(=O)NC1CCN(C2CC2)CC1)c1ccc(Cl)s1.O=C(NCCS(=O)(=O)NC1CCN(C2CC2)CC1)c1ccc(Cl)s1. The van der Waals surface area contributed by atoms with E-state index in [2.05, 4.69) is 29.9 Å². The third kappa shape index (κ3) is 12.5. The van der Waals surface area contributed by atoms with Gasteiger partial charge in [0, 0.05) is 37.3 Å². The number of nitrogens with one attached hydrogen (secondary N) is 4. The number of halogens is 2. The molecule has 0 atom stereocenters. The molecule has 0 aromatic carbocycles. The second-order valence-electron chi connectivity index (χ2n) is 12.7. The highest BCUT2D eigenvalue weighted by Crippen LogP contribution is 2.30. The summed E-state index contributed by atoms with van der Waals surface area (Å²) < 4.78 is 55.2. The Balaban J connectivity index is 0.000000188. The van der Waals surface area contributed by atoms with Crippen LogP contribution in [-0.2, 0) is 20.0 Å². The predicted molar refractivity (Wildman–Crippen MR) is 192 cm³/mol. The molecule has 4 heterocycles. The standard InChI is InChI=1S/2C15H22ClN3O3S2/c2*16-14-4-3-13(23-14)15(20)17-7-10-24(21,22)18-11-5-8-19(9-6-11)12-1-2-12/h2*3-4,11-12,18H,1-2,5-10H2,(H,17,20). The van der Waals surface area contributed by atoms with Crippen molar-refractivity contribution in [3.63, 3.8) is 0 Å². The molecule has 2 aromatic rings. The molecular formula is C30H44Cl2N6O6S4. The summed E-state index contributed by atoms with van der Waals surface area (Å²) in [6.45, 7) is 4.04. The van der Waals surface area contributed by atoms with Crippen LogP contribution in [-0.4, -0.2) is 113 Å². The molecule has 6 rings (SSSR count). The number of nitrogens with zero attached hydrogens (tertiary/aromatic N) is 2. The maximum atomic E-state index is 12.2. The number of rotatable bonds is 14. The molecular weight excluding hydrogens is 740 g/mol. The first-order chi connectivity index (χ1) is 22.9. The molecule has 2 aliphatic carbocycles. The number of amides is 2. The van der Waals surface area contributed by atoms with Gasteiger partial charge < -0.3 is 20.4 Å². The smallest absolute Gasteiger partial charge is 0.261 e. The van der Waals surface area contributed by atoms with Gasteiger partial charge in [0.15, 0.2) is 0 Å². The van der Waals surface area contributed by atoms with Gasteiger partial charge in [-0.05, 0) is 102 Å². The number of thiophene rings is 2. The van der Waals surface area contributed by atoms with Crippen molar-refractivity contribution >= 4 is 77.7 Å². The molecule has 268 valence electrons. The van der Waals surface area contributed by atoms with Crippen LogP contribution >= 0.6 is 45.9 Å². The maximum absolute atomic E-state index is 12.2. The number of likely N-dealkylation sites (tertiary alicyclic amines) is 2. The topological polar surface area (TPSA) is 157 Å². The summed E-state index contributed by atoms with van der Waals surface area (Å²) in [4.78, 5) is 29.6. The molecule has 2 saturated heterocycles. The maximum Gasteiger partial charge on any atom is 0.261 e. The van der Waals surface area contributed by atoms with Gasteiger partial charge in [-0.3, -0.25) is 9.59 Å². The Morgan fingerprint density at radius 1 is 0.625 bits per heavy atom. The Bertz CT molecular complexity index is 1480. The monoisotopic (exact) mass is 782 g/mol. The largest absolute Gasteiger partial charge is 0.350 e. The molecule has 48 heavy (non-hydrogen) atoms. The third-order valence-electron chi connectivity index (χ3n) is 8.78. The molecule has 2 saturated carbocycles. The van der Waals surface area contributed by atoms with Crippen molar-refractivity contribution < 1.29 is 26.4 Å². The summed E-state index contributed by atoms with van der Waals surface area (Å²) in [6, 6.07) is 8.05. The van der Waals surface area contributed by atoms with Crippen LogP contribution in [0.3, 0.4) is 0 Å². The van der Waals surface area contributed by atoms with E-state index >= 15 is 0 Å². The van der Waals surface area contributed by atoms with E-state index < -0.39 is 20.0 Å². The minimum Gasteiger partial charge on any atom is -0.350 e. The van der Waals surface area contributed by atoms with Crippen LogP contribution in [0.4, 0.5) is 0 Å². The summed E-state index contributed by atoms with van der Waals surface area (Å²) in [5, 5.41) is 5.24. The molecule has 0 unspecified atom stereocenters. The van der Waals surface area contributed by atoms with E-state index in [9.17, 15) is 26.4 Å². The van der Waals surface area contributed by atoms with Gasteiger partial charge in [-0.1, -0.05) is 23.2 Å².